The second kappa shape index (κ2) is 9.49. The van der Waals surface area contributed by atoms with E-state index >= 15 is 0 Å². The van der Waals surface area contributed by atoms with Gasteiger partial charge in [0.15, 0.2) is 11.5 Å². The number of halogens is 1. The Balaban J connectivity index is 1.93. The van der Waals surface area contributed by atoms with Gasteiger partial charge in [-0.25, -0.2) is 5.43 Å². The van der Waals surface area contributed by atoms with Crippen LogP contribution in [0.1, 0.15) is 11.1 Å². The van der Waals surface area contributed by atoms with Gasteiger partial charge in [0.05, 0.1) is 19.7 Å². The first kappa shape index (κ1) is 18.5. The Morgan fingerprint density at radius 3 is 2.68 bits per heavy atom. The van der Waals surface area contributed by atoms with Gasteiger partial charge in [-0.1, -0.05) is 36.4 Å². The second-order valence-corrected chi connectivity index (χ2v) is 5.54. The molecule has 2 aromatic rings. The molecule has 130 valence electrons. The smallest absolute Gasteiger partial charge is 0.244 e. The summed E-state index contributed by atoms with van der Waals surface area (Å²) in [7, 11) is 1.56. The Labute approximate surface area is 151 Å². The van der Waals surface area contributed by atoms with Crippen molar-refractivity contribution in [2.24, 2.45) is 5.10 Å². The molecule has 25 heavy (non-hydrogen) atoms. The molecule has 0 unspecified atom stereocenters. The SMILES string of the molecule is C=CCOc1ccc(/C=N/NC(=O)Cc2ccc(Cl)cc2)cc1OC. The number of nitrogens with zero attached hydrogens (tertiary/aromatic N) is 1. The number of amides is 1. The van der Waals surface area contributed by atoms with E-state index in [4.69, 9.17) is 21.1 Å². The molecule has 0 bridgehead atoms. The average Bonchev–Trinajstić information content (AvgIpc) is 2.62. The van der Waals surface area contributed by atoms with Gasteiger partial charge in [-0.2, -0.15) is 5.10 Å². The van der Waals surface area contributed by atoms with Crippen LogP contribution in [0.5, 0.6) is 11.5 Å². The molecule has 0 heterocycles. The van der Waals surface area contributed by atoms with Gasteiger partial charge in [0.1, 0.15) is 6.61 Å². The van der Waals surface area contributed by atoms with Crippen LogP contribution in [0.4, 0.5) is 0 Å². The fraction of sp³-hybridized carbons (Fsp3) is 0.158. The van der Waals surface area contributed by atoms with Crippen molar-refractivity contribution >= 4 is 23.7 Å². The molecule has 1 amide bonds. The van der Waals surface area contributed by atoms with E-state index < -0.39 is 0 Å². The highest BCUT2D eigenvalue weighted by Crippen LogP contribution is 2.27. The predicted octanol–water partition coefficient (Wildman–Crippen LogP) is 3.61. The molecule has 0 fully saturated rings. The van der Waals surface area contributed by atoms with E-state index in [0.29, 0.717) is 23.1 Å². The molecular weight excluding hydrogens is 340 g/mol. The van der Waals surface area contributed by atoms with Gasteiger partial charge in [0.25, 0.3) is 0 Å². The minimum Gasteiger partial charge on any atom is -0.493 e. The molecule has 2 aromatic carbocycles. The van der Waals surface area contributed by atoms with Gasteiger partial charge >= 0.3 is 0 Å². The molecule has 6 heteroatoms. The van der Waals surface area contributed by atoms with E-state index in [0.717, 1.165) is 11.1 Å². The monoisotopic (exact) mass is 358 g/mol. The topological polar surface area (TPSA) is 59.9 Å². The van der Waals surface area contributed by atoms with Crippen LogP contribution in [-0.4, -0.2) is 25.8 Å². The fourth-order valence-electron chi connectivity index (χ4n) is 2.04. The molecule has 2 rings (SSSR count). The standard InChI is InChI=1S/C19H19ClN2O3/c1-3-10-25-17-9-6-15(11-18(17)24-2)13-21-22-19(23)12-14-4-7-16(20)8-5-14/h3-9,11,13H,1,10,12H2,2H3,(H,22,23)/b21-13+. The van der Waals surface area contributed by atoms with Crippen molar-refractivity contribution in [3.05, 3.63) is 71.3 Å². The molecule has 0 atom stereocenters. The lowest BCUT2D eigenvalue weighted by atomic mass is 10.1. The molecule has 5 nitrogen and oxygen atoms in total. The van der Waals surface area contributed by atoms with Crippen molar-refractivity contribution in [3.63, 3.8) is 0 Å². The fourth-order valence-corrected chi connectivity index (χ4v) is 2.16. The molecule has 1 N–H and O–H groups in total. The third-order valence-corrected chi connectivity index (χ3v) is 3.48. The quantitative estimate of drug-likeness (QED) is 0.445. The lowest BCUT2D eigenvalue weighted by molar-refractivity contribution is -0.120. The zero-order chi connectivity index (χ0) is 18.1. The number of ether oxygens (including phenoxy) is 2. The molecule has 0 aliphatic rings. The van der Waals surface area contributed by atoms with Gasteiger partial charge in [-0.3, -0.25) is 4.79 Å². The lowest BCUT2D eigenvalue weighted by Gasteiger charge is -2.09. The summed E-state index contributed by atoms with van der Waals surface area (Å²) in [6.07, 6.45) is 3.43. The highest BCUT2D eigenvalue weighted by atomic mass is 35.5. The highest BCUT2D eigenvalue weighted by molar-refractivity contribution is 6.30. The van der Waals surface area contributed by atoms with Crippen molar-refractivity contribution in [1.82, 2.24) is 5.43 Å². The summed E-state index contributed by atoms with van der Waals surface area (Å²) in [6.45, 7) is 4.00. The first-order valence-corrected chi connectivity index (χ1v) is 7.98. The number of hydrogen-bond acceptors (Lipinski definition) is 4. The number of carbonyl (C=O) groups is 1. The number of methoxy groups -OCH3 is 1. The predicted molar refractivity (Wildman–Crippen MR) is 99.6 cm³/mol. The molecular formula is C19H19ClN2O3. The van der Waals surface area contributed by atoms with Crippen molar-refractivity contribution < 1.29 is 14.3 Å². The van der Waals surface area contributed by atoms with E-state index in [2.05, 4.69) is 17.1 Å². The number of nitrogens with one attached hydrogen (secondary N) is 1. The average molecular weight is 359 g/mol. The van der Waals surface area contributed by atoms with Crippen LogP contribution in [0.2, 0.25) is 5.02 Å². The zero-order valence-electron chi connectivity index (χ0n) is 13.9. The summed E-state index contributed by atoms with van der Waals surface area (Å²) in [5, 5.41) is 4.60. The summed E-state index contributed by atoms with van der Waals surface area (Å²) in [5.74, 6) is 0.987. The van der Waals surface area contributed by atoms with Crippen LogP contribution in [0.25, 0.3) is 0 Å². The molecule has 0 aromatic heterocycles. The summed E-state index contributed by atoms with van der Waals surface area (Å²) < 4.78 is 10.8. The Bertz CT molecular complexity index is 758. The van der Waals surface area contributed by atoms with E-state index in [1.54, 1.807) is 55.8 Å². The number of carbonyl (C=O) groups excluding carboxylic acids is 1. The van der Waals surface area contributed by atoms with Crippen LogP contribution in [0.15, 0.2) is 60.2 Å². The van der Waals surface area contributed by atoms with Crippen molar-refractivity contribution in [3.8, 4) is 11.5 Å². The first-order chi connectivity index (χ1) is 12.1. The zero-order valence-corrected chi connectivity index (χ0v) is 14.6. The third-order valence-electron chi connectivity index (χ3n) is 3.23. The largest absolute Gasteiger partial charge is 0.493 e. The van der Waals surface area contributed by atoms with Crippen LogP contribution < -0.4 is 14.9 Å². The van der Waals surface area contributed by atoms with Crippen molar-refractivity contribution in [2.45, 2.75) is 6.42 Å². The van der Waals surface area contributed by atoms with Crippen molar-refractivity contribution in [1.29, 1.82) is 0 Å². The van der Waals surface area contributed by atoms with Crippen LogP contribution in [0.3, 0.4) is 0 Å². The van der Waals surface area contributed by atoms with E-state index in [-0.39, 0.29) is 12.3 Å². The second-order valence-electron chi connectivity index (χ2n) is 5.11. The van der Waals surface area contributed by atoms with Crippen LogP contribution in [0, 0.1) is 0 Å². The van der Waals surface area contributed by atoms with Crippen LogP contribution in [-0.2, 0) is 11.2 Å². The molecule has 0 saturated carbocycles. The van der Waals surface area contributed by atoms with E-state index in [9.17, 15) is 4.79 Å². The van der Waals surface area contributed by atoms with Crippen LogP contribution >= 0.6 is 11.6 Å². The third kappa shape index (κ3) is 5.97. The number of hydrogen-bond donors (Lipinski definition) is 1. The van der Waals surface area contributed by atoms with Gasteiger partial charge in [0, 0.05) is 5.02 Å². The molecule has 0 spiro atoms. The molecule has 0 aliphatic heterocycles. The highest BCUT2D eigenvalue weighted by Gasteiger charge is 2.05. The Hall–Kier alpha value is -2.79. The van der Waals surface area contributed by atoms with Gasteiger partial charge in [0.2, 0.25) is 5.91 Å². The van der Waals surface area contributed by atoms with E-state index in [1.165, 1.54) is 0 Å². The summed E-state index contributed by atoms with van der Waals surface area (Å²) in [4.78, 5) is 11.9. The number of hydrazone groups is 1. The number of benzene rings is 2. The Morgan fingerprint density at radius 2 is 2.00 bits per heavy atom. The first-order valence-electron chi connectivity index (χ1n) is 7.60. The van der Waals surface area contributed by atoms with Gasteiger partial charge in [-0.15, -0.1) is 0 Å². The maximum atomic E-state index is 11.9. The summed E-state index contributed by atoms with van der Waals surface area (Å²) >= 11 is 5.82. The maximum absolute atomic E-state index is 11.9. The summed E-state index contributed by atoms with van der Waals surface area (Å²) in [5.41, 5.74) is 4.13. The van der Waals surface area contributed by atoms with Gasteiger partial charge < -0.3 is 9.47 Å². The molecule has 0 radical (unpaired) electrons. The molecule has 0 saturated heterocycles. The number of rotatable bonds is 8. The minimum absolute atomic E-state index is 0.212. The van der Waals surface area contributed by atoms with E-state index in [1.807, 2.05) is 6.07 Å². The van der Waals surface area contributed by atoms with Crippen molar-refractivity contribution in [2.75, 3.05) is 13.7 Å². The minimum atomic E-state index is -0.212. The Morgan fingerprint density at radius 1 is 1.24 bits per heavy atom. The lowest BCUT2D eigenvalue weighted by Crippen LogP contribution is -2.19. The molecule has 0 aliphatic carbocycles. The summed E-state index contributed by atoms with van der Waals surface area (Å²) in [6, 6.07) is 12.5. The Kier molecular flexibility index (Phi) is 7.04. The maximum Gasteiger partial charge on any atom is 0.244 e. The van der Waals surface area contributed by atoms with Gasteiger partial charge in [-0.05, 0) is 41.5 Å². The normalized spacial score (nSPS) is 10.5.